The summed E-state index contributed by atoms with van der Waals surface area (Å²) in [4.78, 5) is 50.3. The van der Waals surface area contributed by atoms with E-state index in [1.807, 2.05) is 36.4 Å². The molecule has 1 aliphatic heterocycles. The third kappa shape index (κ3) is 7.86. The van der Waals surface area contributed by atoms with Crippen molar-refractivity contribution in [2.45, 2.75) is 50.4 Å². The van der Waals surface area contributed by atoms with Crippen molar-refractivity contribution in [1.82, 2.24) is 10.6 Å². The Hall–Kier alpha value is -4.32. The first-order valence-electron chi connectivity index (χ1n) is 16.5. The molecule has 256 valence electrons. The van der Waals surface area contributed by atoms with Gasteiger partial charge in [-0.3, -0.25) is 14.4 Å². The molecule has 2 aliphatic carbocycles. The molecular formula is C37H44N2O9. The van der Waals surface area contributed by atoms with Crippen molar-refractivity contribution in [2.24, 2.45) is 17.8 Å². The maximum Gasteiger partial charge on any atom is 0.337 e. The highest BCUT2D eigenvalue weighted by Gasteiger charge is 2.58. The predicted molar refractivity (Wildman–Crippen MR) is 176 cm³/mol. The van der Waals surface area contributed by atoms with E-state index in [-0.39, 0.29) is 61.5 Å². The number of fused-ring (bicyclic) bond motifs is 2. The van der Waals surface area contributed by atoms with Crippen LogP contribution in [0.25, 0.3) is 0 Å². The van der Waals surface area contributed by atoms with Gasteiger partial charge in [-0.05, 0) is 72.6 Å². The van der Waals surface area contributed by atoms with Gasteiger partial charge in [0.25, 0.3) is 0 Å². The second-order valence-electron chi connectivity index (χ2n) is 12.3. The maximum absolute atomic E-state index is 13.5. The smallest absolute Gasteiger partial charge is 0.337 e. The number of ether oxygens (including phenoxy) is 4. The molecule has 5 rings (SSSR count). The number of amides is 2. The van der Waals surface area contributed by atoms with Gasteiger partial charge in [-0.25, -0.2) is 4.79 Å². The number of hydrogen-bond acceptors (Lipinski definition) is 9. The summed E-state index contributed by atoms with van der Waals surface area (Å²) in [5, 5.41) is 14.0. The molecule has 2 aromatic rings. The van der Waals surface area contributed by atoms with Gasteiger partial charge in [0, 0.05) is 38.2 Å². The van der Waals surface area contributed by atoms with Crippen LogP contribution in [0.15, 0.2) is 72.3 Å². The number of aliphatic hydroxyl groups excluding tert-OH is 1. The van der Waals surface area contributed by atoms with Crippen molar-refractivity contribution in [3.63, 3.8) is 0 Å². The third-order valence-electron chi connectivity index (χ3n) is 9.44. The number of hydrogen-bond donors (Lipinski definition) is 3. The molecule has 2 aromatic carbocycles. The van der Waals surface area contributed by atoms with Crippen molar-refractivity contribution in [3.8, 4) is 5.75 Å². The monoisotopic (exact) mass is 660 g/mol. The molecule has 11 nitrogen and oxygen atoms in total. The number of carbonyl (C=O) groups is 4. The van der Waals surface area contributed by atoms with E-state index < -0.39 is 17.7 Å². The largest absolute Gasteiger partial charge is 0.465 e. The van der Waals surface area contributed by atoms with Gasteiger partial charge in [0.15, 0.2) is 5.78 Å². The summed E-state index contributed by atoms with van der Waals surface area (Å²) in [7, 11) is 2.92. The molecule has 48 heavy (non-hydrogen) atoms. The van der Waals surface area contributed by atoms with E-state index >= 15 is 0 Å². The molecule has 0 bridgehead atoms. The van der Waals surface area contributed by atoms with E-state index in [9.17, 15) is 19.2 Å². The molecule has 11 heteroatoms. The van der Waals surface area contributed by atoms with Crippen molar-refractivity contribution in [3.05, 3.63) is 89.0 Å². The molecule has 0 saturated heterocycles. The zero-order valence-electron chi connectivity index (χ0n) is 27.4. The van der Waals surface area contributed by atoms with E-state index in [2.05, 4.69) is 16.7 Å². The SMILES string of the molecule is COC(=O)c1ccc2c(c1)[C@H]1[C@H](CCOCc3ccccc3)[C@@H](CCCCC(=O)NCC(=O)NCCO)C=C3C(=O)C=C[C@@](OC)(O2)[C@H]31. The molecule has 0 spiro atoms. The normalized spacial score (nSPS) is 23.6. The number of unbranched alkanes of at least 4 members (excludes halogenated alkanes) is 1. The Labute approximate surface area is 280 Å². The summed E-state index contributed by atoms with van der Waals surface area (Å²) < 4.78 is 23.8. The minimum Gasteiger partial charge on any atom is -0.465 e. The van der Waals surface area contributed by atoms with Gasteiger partial charge in [-0.15, -0.1) is 0 Å². The van der Waals surface area contributed by atoms with Crippen LogP contribution in [0.3, 0.4) is 0 Å². The summed E-state index contributed by atoms with van der Waals surface area (Å²) in [6.45, 7) is 0.762. The molecule has 3 N–H and O–H groups in total. The zero-order valence-corrected chi connectivity index (χ0v) is 27.4. The van der Waals surface area contributed by atoms with Gasteiger partial charge < -0.3 is 34.7 Å². The van der Waals surface area contributed by atoms with E-state index in [0.717, 1.165) is 11.1 Å². The van der Waals surface area contributed by atoms with Crippen LogP contribution < -0.4 is 15.4 Å². The summed E-state index contributed by atoms with van der Waals surface area (Å²) in [6, 6.07) is 15.2. The summed E-state index contributed by atoms with van der Waals surface area (Å²) in [6.07, 6.45) is 8.22. The van der Waals surface area contributed by atoms with Gasteiger partial charge >= 0.3 is 5.97 Å². The topological polar surface area (TPSA) is 149 Å². The number of benzene rings is 2. The average Bonchev–Trinajstić information content (AvgIpc) is 3.11. The number of esters is 1. The molecule has 2 amide bonds. The molecule has 0 radical (unpaired) electrons. The van der Waals surface area contributed by atoms with E-state index in [1.165, 1.54) is 13.2 Å². The van der Waals surface area contributed by atoms with Crippen LogP contribution in [0.5, 0.6) is 5.75 Å². The standard InChI is InChI=1S/C37H44N2O9/c1-45-36(44)26-12-13-31-29(21-26)34-27(15-19-47-23-24-8-4-3-5-9-24)25(10-6-7-11-32(42)39-22-33(43)38-17-18-40)20-28-30(41)14-16-37(46-2,48-31)35(28)34/h3-5,8-9,12-14,16,20-21,25,27,34-35,40H,6-7,10-11,15,17-19,22-23H2,1-2H3,(H,38,43)(H,39,42)/t25-,27+,34+,35+,37+/m0/s1. The fourth-order valence-corrected chi connectivity index (χ4v) is 7.19. The second kappa shape index (κ2) is 16.2. The Bertz CT molecular complexity index is 1540. The molecular weight excluding hydrogens is 616 g/mol. The number of allylic oxidation sites excluding steroid dienone is 2. The number of rotatable bonds is 16. The number of methoxy groups -OCH3 is 2. The highest BCUT2D eigenvalue weighted by atomic mass is 16.7. The van der Waals surface area contributed by atoms with Crippen LogP contribution in [0.4, 0.5) is 0 Å². The number of nitrogens with one attached hydrogen (secondary N) is 2. The van der Waals surface area contributed by atoms with E-state index in [4.69, 9.17) is 24.1 Å². The van der Waals surface area contributed by atoms with Gasteiger partial charge in [-0.1, -0.05) is 42.8 Å². The van der Waals surface area contributed by atoms with Crippen molar-refractivity contribution >= 4 is 23.6 Å². The van der Waals surface area contributed by atoms with Crippen LogP contribution in [-0.2, 0) is 35.2 Å². The van der Waals surface area contributed by atoms with Crippen LogP contribution >= 0.6 is 0 Å². The Kier molecular flexibility index (Phi) is 11.8. The Balaban J connectivity index is 1.39. The molecule has 3 aliphatic rings. The summed E-state index contributed by atoms with van der Waals surface area (Å²) in [5.74, 6) is -2.49. The van der Waals surface area contributed by atoms with E-state index in [0.29, 0.717) is 55.8 Å². The zero-order chi connectivity index (χ0) is 34.1. The Morgan fingerprint density at radius 3 is 2.56 bits per heavy atom. The molecule has 0 unspecified atom stereocenters. The minimum absolute atomic E-state index is 0.0112. The quantitative estimate of drug-likeness (QED) is 0.181. The fraction of sp³-hybridized carbons (Fsp3) is 0.459. The summed E-state index contributed by atoms with van der Waals surface area (Å²) in [5.41, 5.74) is 2.91. The van der Waals surface area contributed by atoms with Gasteiger partial charge in [0.2, 0.25) is 17.6 Å². The first-order valence-corrected chi connectivity index (χ1v) is 16.5. The van der Waals surface area contributed by atoms with Crippen LogP contribution in [0.2, 0.25) is 0 Å². The molecule has 0 aromatic heterocycles. The van der Waals surface area contributed by atoms with Crippen LogP contribution in [-0.4, -0.2) is 75.0 Å². The van der Waals surface area contributed by atoms with Gasteiger partial charge in [0.05, 0.1) is 38.3 Å². The lowest BCUT2D eigenvalue weighted by Crippen LogP contribution is -2.56. The Morgan fingerprint density at radius 1 is 1.00 bits per heavy atom. The van der Waals surface area contributed by atoms with Crippen molar-refractivity contribution in [1.29, 1.82) is 0 Å². The van der Waals surface area contributed by atoms with Crippen LogP contribution in [0.1, 0.15) is 59.5 Å². The highest BCUT2D eigenvalue weighted by Crippen LogP contribution is 2.59. The molecule has 0 fully saturated rings. The number of ketones is 1. The lowest BCUT2D eigenvalue weighted by molar-refractivity contribution is -0.180. The lowest BCUT2D eigenvalue weighted by atomic mass is 9.57. The molecule has 0 saturated carbocycles. The number of aliphatic hydroxyl groups is 1. The van der Waals surface area contributed by atoms with Gasteiger partial charge in [0.1, 0.15) is 5.75 Å². The molecule has 1 heterocycles. The van der Waals surface area contributed by atoms with Crippen LogP contribution in [0, 0.1) is 17.8 Å². The van der Waals surface area contributed by atoms with E-state index in [1.54, 1.807) is 25.3 Å². The van der Waals surface area contributed by atoms with Crippen molar-refractivity contribution < 1.29 is 43.2 Å². The summed E-state index contributed by atoms with van der Waals surface area (Å²) >= 11 is 0. The maximum atomic E-state index is 13.5. The second-order valence-corrected chi connectivity index (χ2v) is 12.3. The predicted octanol–water partition coefficient (Wildman–Crippen LogP) is 3.61. The Morgan fingerprint density at radius 2 is 1.81 bits per heavy atom. The number of carbonyl (C=O) groups excluding carboxylic acids is 4. The average molecular weight is 661 g/mol. The molecule has 5 atom stereocenters. The van der Waals surface area contributed by atoms with Crippen molar-refractivity contribution in [2.75, 3.05) is 40.5 Å². The lowest BCUT2D eigenvalue weighted by Gasteiger charge is -2.53. The third-order valence-corrected chi connectivity index (χ3v) is 9.44. The van der Waals surface area contributed by atoms with Gasteiger partial charge in [-0.2, -0.15) is 0 Å². The fourth-order valence-electron chi connectivity index (χ4n) is 7.19. The first-order chi connectivity index (χ1) is 23.3. The first kappa shape index (κ1) is 35.0. The highest BCUT2D eigenvalue weighted by molar-refractivity contribution is 6.06. The minimum atomic E-state index is -1.19.